The fourth-order valence-electron chi connectivity index (χ4n) is 7.66. The van der Waals surface area contributed by atoms with Gasteiger partial charge in [0.05, 0.1) is 11.1 Å². The molecule has 6 heterocycles. The van der Waals surface area contributed by atoms with Gasteiger partial charge in [0.15, 0.2) is 11.4 Å². The van der Waals surface area contributed by atoms with E-state index < -0.39 is 12.0 Å². The highest BCUT2D eigenvalue weighted by molar-refractivity contribution is 6.01. The molecule has 0 amide bonds. The van der Waals surface area contributed by atoms with E-state index in [-0.39, 0.29) is 22.7 Å². The van der Waals surface area contributed by atoms with E-state index in [4.69, 9.17) is 25.5 Å². The third-order valence-electron chi connectivity index (χ3n) is 9.52. The molecule has 3 unspecified atom stereocenters. The van der Waals surface area contributed by atoms with Crippen LogP contribution in [-0.4, -0.2) is 76.6 Å². The Labute approximate surface area is 241 Å². The topological polar surface area (TPSA) is 86.9 Å². The molecule has 10 heteroatoms. The Hall–Kier alpha value is -3.94. The van der Waals surface area contributed by atoms with E-state index in [1.807, 2.05) is 0 Å². The second kappa shape index (κ2) is 9.54. The van der Waals surface area contributed by atoms with Crippen LogP contribution in [0.3, 0.4) is 0 Å². The van der Waals surface area contributed by atoms with Crippen LogP contribution >= 0.6 is 0 Å². The molecule has 4 saturated heterocycles. The molecule has 4 fully saturated rings. The van der Waals surface area contributed by atoms with Gasteiger partial charge in [-0.05, 0) is 55.8 Å². The normalized spacial score (nSPS) is 27.2. The molecule has 8 rings (SSSR count). The van der Waals surface area contributed by atoms with Crippen LogP contribution in [0, 0.1) is 18.2 Å². The Morgan fingerprint density at radius 2 is 2.00 bits per heavy atom. The monoisotopic (exact) mass is 571 g/mol. The number of nitrogens with zero attached hydrogens (tertiary/aromatic N) is 4. The number of alkyl halides is 1. The van der Waals surface area contributed by atoms with Gasteiger partial charge in [0.25, 0.3) is 0 Å². The molecule has 0 spiro atoms. The van der Waals surface area contributed by atoms with Crippen molar-refractivity contribution in [3.8, 4) is 35.4 Å². The van der Waals surface area contributed by atoms with Crippen LogP contribution in [0.2, 0.25) is 0 Å². The van der Waals surface area contributed by atoms with E-state index in [9.17, 15) is 13.9 Å². The summed E-state index contributed by atoms with van der Waals surface area (Å²) in [5.74, 6) is 3.13. The van der Waals surface area contributed by atoms with Gasteiger partial charge in [-0.1, -0.05) is 12.0 Å². The molecular weight excluding hydrogens is 540 g/mol. The van der Waals surface area contributed by atoms with Gasteiger partial charge in [-0.25, -0.2) is 13.8 Å². The Morgan fingerprint density at radius 3 is 2.81 bits per heavy atom. The minimum absolute atomic E-state index is 0.0153. The quantitative estimate of drug-likeness (QED) is 0.332. The van der Waals surface area contributed by atoms with Crippen LogP contribution in [0.25, 0.3) is 33.3 Å². The number of hydrogen-bond acceptors (Lipinski definition) is 8. The molecule has 2 aromatic heterocycles. The van der Waals surface area contributed by atoms with Crippen molar-refractivity contribution in [1.82, 2.24) is 20.2 Å². The number of piperazine rings is 1. The first kappa shape index (κ1) is 25.7. The molecule has 42 heavy (non-hydrogen) atoms. The number of rotatable bonds is 5. The molecule has 2 N–H and O–H groups in total. The van der Waals surface area contributed by atoms with Gasteiger partial charge in [0.1, 0.15) is 29.9 Å². The van der Waals surface area contributed by atoms with Crippen LogP contribution in [0.1, 0.15) is 37.7 Å². The van der Waals surface area contributed by atoms with Crippen LogP contribution in [-0.2, 0) is 0 Å². The van der Waals surface area contributed by atoms with E-state index in [1.54, 1.807) is 12.1 Å². The van der Waals surface area contributed by atoms with Crippen molar-refractivity contribution in [3.05, 3.63) is 41.7 Å². The number of ether oxygens (including phenoxy) is 1. The third kappa shape index (κ3) is 4.09. The number of phenolic OH excluding ortho intramolecular Hbond substituents is 1. The lowest BCUT2D eigenvalue weighted by atomic mass is 9.95. The average Bonchev–Trinajstić information content (AvgIpc) is 3.73. The van der Waals surface area contributed by atoms with Crippen molar-refractivity contribution in [2.75, 3.05) is 37.7 Å². The van der Waals surface area contributed by atoms with Crippen LogP contribution in [0.15, 0.2) is 34.7 Å². The summed E-state index contributed by atoms with van der Waals surface area (Å²) in [6.45, 7) is 3.22. The summed E-state index contributed by atoms with van der Waals surface area (Å²) in [6.07, 6.45) is 9.46. The highest BCUT2D eigenvalue weighted by Crippen LogP contribution is 2.42. The number of halogens is 2. The Morgan fingerprint density at radius 1 is 1.17 bits per heavy atom. The van der Waals surface area contributed by atoms with Gasteiger partial charge in [0.2, 0.25) is 11.8 Å². The molecule has 4 atom stereocenters. The summed E-state index contributed by atoms with van der Waals surface area (Å²) < 4.78 is 41.9. The predicted octanol–water partition coefficient (Wildman–Crippen LogP) is 4.76. The zero-order chi connectivity index (χ0) is 28.6. The summed E-state index contributed by atoms with van der Waals surface area (Å²) in [5.41, 5.74) is 1.17. The fraction of sp³-hybridized carbons (Fsp3) is 0.438. The van der Waals surface area contributed by atoms with Crippen LogP contribution in [0.4, 0.5) is 14.6 Å². The van der Waals surface area contributed by atoms with Crippen LogP contribution < -0.4 is 15.0 Å². The molecule has 0 aliphatic carbocycles. The number of anilines is 1. The molecule has 0 saturated carbocycles. The van der Waals surface area contributed by atoms with Gasteiger partial charge in [-0.3, -0.25) is 4.90 Å². The number of aromatic hydroxyl groups is 1. The van der Waals surface area contributed by atoms with E-state index in [1.165, 1.54) is 18.2 Å². The fourth-order valence-corrected chi connectivity index (χ4v) is 7.66. The number of nitrogens with one attached hydrogen (secondary N) is 1. The first-order valence-corrected chi connectivity index (χ1v) is 14.7. The first-order valence-electron chi connectivity index (χ1n) is 14.7. The maximum absolute atomic E-state index is 14.8. The number of phenols is 1. The van der Waals surface area contributed by atoms with Crippen LogP contribution in [0.5, 0.6) is 11.6 Å². The van der Waals surface area contributed by atoms with E-state index in [0.29, 0.717) is 70.8 Å². The minimum atomic E-state index is -0.843. The molecule has 2 bridgehead atoms. The predicted molar refractivity (Wildman–Crippen MR) is 155 cm³/mol. The molecule has 216 valence electrons. The van der Waals surface area contributed by atoms with Crippen molar-refractivity contribution in [3.63, 3.8) is 0 Å². The van der Waals surface area contributed by atoms with Gasteiger partial charge >= 0.3 is 0 Å². The lowest BCUT2D eigenvalue weighted by molar-refractivity contribution is 0.111. The number of aromatic nitrogens is 2. The van der Waals surface area contributed by atoms with Crippen molar-refractivity contribution < 1.29 is 23.0 Å². The zero-order valence-electron chi connectivity index (χ0n) is 23.1. The molecule has 4 aromatic rings. The van der Waals surface area contributed by atoms with Crippen molar-refractivity contribution in [2.24, 2.45) is 0 Å². The number of hydrogen-bond donors (Lipinski definition) is 2. The third-order valence-corrected chi connectivity index (χ3v) is 9.52. The number of fused-ring (bicyclic) bond motifs is 5. The average molecular weight is 572 g/mol. The van der Waals surface area contributed by atoms with E-state index >= 15 is 0 Å². The number of terminal acetylenes is 1. The second-order valence-electron chi connectivity index (χ2n) is 12.2. The molecule has 4 aliphatic heterocycles. The molecule has 4 aliphatic rings. The Kier molecular flexibility index (Phi) is 5.85. The molecule has 8 nitrogen and oxygen atoms in total. The SMILES string of the molecule is C#Cc1c(F)ccc2cc(O)cc(-c3nc4cc(OC[C@@]56CCCN5CC(F)C6)nc(N5CC6CCC(C5)N6)c4o3)c12. The first-order chi connectivity index (χ1) is 20.4. The largest absolute Gasteiger partial charge is 0.508 e. The summed E-state index contributed by atoms with van der Waals surface area (Å²) in [4.78, 5) is 14.2. The highest BCUT2D eigenvalue weighted by Gasteiger charge is 2.49. The van der Waals surface area contributed by atoms with Gasteiger partial charge < -0.3 is 24.5 Å². The Balaban J connectivity index is 1.24. The zero-order valence-corrected chi connectivity index (χ0v) is 23.1. The van der Waals surface area contributed by atoms with Crippen molar-refractivity contribution in [2.45, 2.75) is 55.9 Å². The summed E-state index contributed by atoms with van der Waals surface area (Å²) in [7, 11) is 0. The highest BCUT2D eigenvalue weighted by atomic mass is 19.1. The second-order valence-corrected chi connectivity index (χ2v) is 12.2. The van der Waals surface area contributed by atoms with Gasteiger partial charge in [-0.2, -0.15) is 4.98 Å². The van der Waals surface area contributed by atoms with E-state index in [0.717, 1.165) is 45.3 Å². The molecule has 2 aromatic carbocycles. The maximum Gasteiger partial charge on any atom is 0.228 e. The smallest absolute Gasteiger partial charge is 0.228 e. The minimum Gasteiger partial charge on any atom is -0.508 e. The lowest BCUT2D eigenvalue weighted by Crippen LogP contribution is -2.51. The summed E-state index contributed by atoms with van der Waals surface area (Å²) in [5, 5.41) is 15.2. The van der Waals surface area contributed by atoms with E-state index in [2.05, 4.69) is 21.0 Å². The summed E-state index contributed by atoms with van der Waals surface area (Å²) in [6, 6.07) is 8.34. The Bertz CT molecular complexity index is 1760. The van der Waals surface area contributed by atoms with Gasteiger partial charge in [0, 0.05) is 55.2 Å². The van der Waals surface area contributed by atoms with Crippen molar-refractivity contribution in [1.29, 1.82) is 0 Å². The number of oxazole rings is 1. The summed E-state index contributed by atoms with van der Waals surface area (Å²) >= 11 is 0. The van der Waals surface area contributed by atoms with Gasteiger partial charge in [-0.15, -0.1) is 6.42 Å². The standard InChI is InChI=1S/C32H31F2N5O3/c1-2-23-25(34)7-4-18-10-22(40)11-24(28(18)23)31-36-26-12-27(41-17-32-8-3-9-39(32)14-19(33)13-32)37-30(29(26)42-31)38-15-20-5-6-21(16-38)35-20/h1,4,7,10-12,19-21,35,40H,3,5-6,8-9,13-17H2/t19?,20?,21?,32-/m0/s1. The number of benzene rings is 2. The maximum atomic E-state index is 14.8. The van der Waals surface area contributed by atoms with Crippen molar-refractivity contribution >= 4 is 27.7 Å². The molecule has 0 radical (unpaired) electrons. The molecular formula is C32H31F2N5O3. The number of pyridine rings is 1. The lowest BCUT2D eigenvalue weighted by Gasteiger charge is -2.34.